The van der Waals surface area contributed by atoms with Crippen LogP contribution in [0, 0.1) is 11.3 Å². The van der Waals surface area contributed by atoms with Crippen molar-refractivity contribution in [3.63, 3.8) is 0 Å². The van der Waals surface area contributed by atoms with Gasteiger partial charge in [-0.2, -0.15) is 0 Å². The van der Waals surface area contributed by atoms with E-state index in [4.69, 9.17) is 10.5 Å². The Morgan fingerprint density at radius 1 is 1.22 bits per heavy atom. The van der Waals surface area contributed by atoms with Crippen LogP contribution in [0.3, 0.4) is 0 Å². The van der Waals surface area contributed by atoms with Gasteiger partial charge in [0.25, 0.3) is 0 Å². The zero-order chi connectivity index (χ0) is 13.2. The summed E-state index contributed by atoms with van der Waals surface area (Å²) >= 11 is 0. The first kappa shape index (κ1) is 14.3. The van der Waals surface area contributed by atoms with E-state index >= 15 is 0 Å². The van der Waals surface area contributed by atoms with E-state index in [1.807, 2.05) is 0 Å². The number of hydrogen-bond acceptors (Lipinski definition) is 3. The van der Waals surface area contributed by atoms with Crippen molar-refractivity contribution in [1.29, 1.82) is 0 Å². The van der Waals surface area contributed by atoms with Gasteiger partial charge in [-0.15, -0.1) is 0 Å². The summed E-state index contributed by atoms with van der Waals surface area (Å²) in [7, 11) is 2.29. The van der Waals surface area contributed by atoms with Crippen LogP contribution >= 0.6 is 0 Å². The molecule has 1 heterocycles. The number of likely N-dealkylation sites (N-methyl/N-ethyl adjacent to an activating group) is 1. The van der Waals surface area contributed by atoms with Gasteiger partial charge < -0.3 is 10.5 Å². The van der Waals surface area contributed by atoms with E-state index in [1.165, 1.54) is 38.6 Å². The Morgan fingerprint density at radius 3 is 2.39 bits per heavy atom. The molecule has 0 bridgehead atoms. The molecule has 2 rings (SSSR count). The quantitative estimate of drug-likeness (QED) is 0.836. The fourth-order valence-electron chi connectivity index (χ4n) is 4.13. The molecule has 1 saturated carbocycles. The number of rotatable bonds is 4. The lowest BCUT2D eigenvalue weighted by molar-refractivity contribution is -0.00138. The molecule has 1 saturated heterocycles. The molecular weight excluding hydrogens is 224 g/mol. The summed E-state index contributed by atoms with van der Waals surface area (Å²) in [5.74, 6) is 0.795. The molecule has 0 aromatic rings. The number of hydrogen-bond donors (Lipinski definition) is 1. The molecule has 1 aliphatic heterocycles. The molecule has 3 heteroatoms. The van der Waals surface area contributed by atoms with E-state index in [2.05, 4.69) is 25.8 Å². The van der Waals surface area contributed by atoms with Crippen molar-refractivity contribution in [3.05, 3.63) is 0 Å². The molecule has 2 fully saturated rings. The molecule has 0 aromatic heterocycles. The predicted octanol–water partition coefficient (Wildman–Crippen LogP) is 2.25. The third kappa shape index (κ3) is 2.45. The molecule has 3 nitrogen and oxygen atoms in total. The van der Waals surface area contributed by atoms with Crippen LogP contribution < -0.4 is 5.73 Å². The average Bonchev–Trinajstić information content (AvgIpc) is 2.66. The van der Waals surface area contributed by atoms with Crippen LogP contribution in [-0.2, 0) is 4.74 Å². The van der Waals surface area contributed by atoms with Crippen molar-refractivity contribution >= 4 is 0 Å². The maximum atomic E-state index is 6.18. The van der Waals surface area contributed by atoms with Gasteiger partial charge in [0.15, 0.2) is 0 Å². The second-order valence-corrected chi connectivity index (χ2v) is 6.91. The standard InChI is InChI=1S/C15H30N2O/c1-14(2)7-4-8-15(14,12-16)17(3)11-13-5-9-18-10-6-13/h13H,4-12,16H2,1-3H3. The third-order valence-corrected chi connectivity index (χ3v) is 5.59. The number of nitrogens with zero attached hydrogens (tertiary/aromatic N) is 1. The third-order valence-electron chi connectivity index (χ3n) is 5.59. The average molecular weight is 254 g/mol. The predicted molar refractivity (Wildman–Crippen MR) is 75.6 cm³/mol. The van der Waals surface area contributed by atoms with Crippen molar-refractivity contribution in [2.24, 2.45) is 17.1 Å². The summed E-state index contributed by atoms with van der Waals surface area (Å²) in [4.78, 5) is 2.58. The largest absolute Gasteiger partial charge is 0.381 e. The maximum absolute atomic E-state index is 6.18. The fourth-order valence-corrected chi connectivity index (χ4v) is 4.13. The van der Waals surface area contributed by atoms with Gasteiger partial charge in [0, 0.05) is 31.8 Å². The number of ether oxygens (including phenoxy) is 1. The van der Waals surface area contributed by atoms with Gasteiger partial charge in [0.2, 0.25) is 0 Å². The molecule has 1 unspecified atom stereocenters. The molecule has 2 N–H and O–H groups in total. The smallest absolute Gasteiger partial charge is 0.0469 e. The minimum absolute atomic E-state index is 0.214. The lowest BCUT2D eigenvalue weighted by Gasteiger charge is -2.49. The van der Waals surface area contributed by atoms with E-state index in [0.717, 1.165) is 25.7 Å². The summed E-state index contributed by atoms with van der Waals surface area (Å²) in [6.45, 7) is 8.65. The fraction of sp³-hybridized carbons (Fsp3) is 1.00. The Morgan fingerprint density at radius 2 is 1.89 bits per heavy atom. The van der Waals surface area contributed by atoms with E-state index in [1.54, 1.807) is 0 Å². The second-order valence-electron chi connectivity index (χ2n) is 6.91. The Bertz CT molecular complexity index is 274. The summed E-state index contributed by atoms with van der Waals surface area (Å²) in [5, 5.41) is 0. The first-order valence-electron chi connectivity index (χ1n) is 7.51. The van der Waals surface area contributed by atoms with Crippen molar-refractivity contribution in [2.75, 3.05) is 33.4 Å². The minimum Gasteiger partial charge on any atom is -0.381 e. The van der Waals surface area contributed by atoms with Gasteiger partial charge in [0.1, 0.15) is 0 Å². The summed E-state index contributed by atoms with van der Waals surface area (Å²) in [5.41, 5.74) is 6.75. The second kappa shape index (κ2) is 5.48. The van der Waals surface area contributed by atoms with Crippen LogP contribution in [0.2, 0.25) is 0 Å². The molecule has 2 aliphatic rings. The van der Waals surface area contributed by atoms with Crippen molar-refractivity contribution in [1.82, 2.24) is 4.90 Å². The lowest BCUT2D eigenvalue weighted by atomic mass is 9.73. The minimum atomic E-state index is 0.214. The van der Waals surface area contributed by atoms with E-state index in [9.17, 15) is 0 Å². The van der Waals surface area contributed by atoms with Crippen molar-refractivity contribution in [3.8, 4) is 0 Å². The van der Waals surface area contributed by atoms with Gasteiger partial charge in [-0.1, -0.05) is 20.3 Å². The monoisotopic (exact) mass is 254 g/mol. The van der Waals surface area contributed by atoms with Gasteiger partial charge in [-0.25, -0.2) is 0 Å². The number of nitrogens with two attached hydrogens (primary N) is 1. The van der Waals surface area contributed by atoms with Gasteiger partial charge in [-0.05, 0) is 44.1 Å². The highest BCUT2D eigenvalue weighted by molar-refractivity contribution is 5.06. The zero-order valence-corrected chi connectivity index (χ0v) is 12.4. The first-order chi connectivity index (χ1) is 8.52. The molecule has 1 aliphatic carbocycles. The highest BCUT2D eigenvalue weighted by atomic mass is 16.5. The van der Waals surface area contributed by atoms with Crippen LogP contribution in [0.25, 0.3) is 0 Å². The molecule has 0 aromatic carbocycles. The molecule has 0 spiro atoms. The zero-order valence-electron chi connectivity index (χ0n) is 12.4. The van der Waals surface area contributed by atoms with Crippen molar-refractivity contribution in [2.45, 2.75) is 51.5 Å². The molecular formula is C15H30N2O. The molecule has 106 valence electrons. The Balaban J connectivity index is 2.03. The maximum Gasteiger partial charge on any atom is 0.0469 e. The molecule has 18 heavy (non-hydrogen) atoms. The van der Waals surface area contributed by atoms with E-state index < -0.39 is 0 Å². The highest BCUT2D eigenvalue weighted by Crippen LogP contribution is 2.48. The van der Waals surface area contributed by atoms with Gasteiger partial charge in [0.05, 0.1) is 0 Å². The van der Waals surface area contributed by atoms with Crippen LogP contribution in [0.15, 0.2) is 0 Å². The lowest BCUT2D eigenvalue weighted by Crippen LogP contribution is -2.59. The van der Waals surface area contributed by atoms with Gasteiger partial charge in [-0.3, -0.25) is 4.90 Å². The van der Waals surface area contributed by atoms with E-state index in [-0.39, 0.29) is 5.54 Å². The summed E-state index contributed by atoms with van der Waals surface area (Å²) < 4.78 is 5.46. The summed E-state index contributed by atoms with van der Waals surface area (Å²) in [6.07, 6.45) is 6.32. The van der Waals surface area contributed by atoms with Crippen LogP contribution in [0.1, 0.15) is 46.0 Å². The normalized spacial score (nSPS) is 33.2. The van der Waals surface area contributed by atoms with Crippen molar-refractivity contribution < 1.29 is 4.74 Å². The van der Waals surface area contributed by atoms with Crippen LogP contribution in [0.5, 0.6) is 0 Å². The Labute approximate surface area is 112 Å². The first-order valence-corrected chi connectivity index (χ1v) is 7.51. The Hall–Kier alpha value is -0.120. The Kier molecular flexibility index (Phi) is 4.35. The van der Waals surface area contributed by atoms with E-state index in [0.29, 0.717) is 5.41 Å². The SMILES string of the molecule is CN(CC1CCOCC1)C1(CN)CCCC1(C)C. The van der Waals surface area contributed by atoms with Crippen LogP contribution in [0.4, 0.5) is 0 Å². The van der Waals surface area contributed by atoms with Gasteiger partial charge >= 0.3 is 0 Å². The molecule has 0 amide bonds. The van der Waals surface area contributed by atoms with Crippen LogP contribution in [-0.4, -0.2) is 43.8 Å². The molecule has 0 radical (unpaired) electrons. The summed E-state index contributed by atoms with van der Waals surface area (Å²) in [6, 6.07) is 0. The topological polar surface area (TPSA) is 38.5 Å². The highest BCUT2D eigenvalue weighted by Gasteiger charge is 2.50. The molecule has 1 atom stereocenters.